The zero-order valence-corrected chi connectivity index (χ0v) is 19.5. The molecule has 2 aromatic carbocycles. The second-order valence-electron chi connectivity index (χ2n) is 7.26. The van der Waals surface area contributed by atoms with Gasteiger partial charge in [0.15, 0.2) is 5.16 Å². The zero-order valence-electron chi connectivity index (χ0n) is 17.1. The Morgan fingerprint density at radius 3 is 2.34 bits per heavy atom. The van der Waals surface area contributed by atoms with Gasteiger partial charge < -0.3 is 4.57 Å². The second kappa shape index (κ2) is 10.7. The molecule has 0 N–H and O–H groups in total. The van der Waals surface area contributed by atoms with Crippen molar-refractivity contribution in [2.45, 2.75) is 30.3 Å². The summed E-state index contributed by atoms with van der Waals surface area (Å²) in [4.78, 5) is 25.2. The molecule has 0 saturated carbocycles. The normalized spacial score (nSPS) is 10.9. The summed E-state index contributed by atoms with van der Waals surface area (Å²) in [6, 6.07) is 14.6. The van der Waals surface area contributed by atoms with Gasteiger partial charge in [-0.1, -0.05) is 52.0 Å². The van der Waals surface area contributed by atoms with Gasteiger partial charge in [-0.25, -0.2) is 14.4 Å². The third-order valence-electron chi connectivity index (χ3n) is 4.87. The molecule has 162 valence electrons. The molecule has 5 nitrogen and oxygen atoms in total. The summed E-state index contributed by atoms with van der Waals surface area (Å²) in [7, 11) is 0. The van der Waals surface area contributed by atoms with E-state index in [0.29, 0.717) is 29.4 Å². The molecule has 2 heterocycles. The number of aromatic nitrogens is 4. The summed E-state index contributed by atoms with van der Waals surface area (Å²) < 4.78 is 16.3. The highest BCUT2D eigenvalue weighted by atomic mass is 79.9. The summed E-state index contributed by atoms with van der Waals surface area (Å²) >= 11 is 4.93. The Kier molecular flexibility index (Phi) is 7.44. The topological polar surface area (TPSA) is 60.7 Å². The van der Waals surface area contributed by atoms with Crippen molar-refractivity contribution in [3.63, 3.8) is 0 Å². The molecule has 0 atom stereocenters. The fourth-order valence-corrected chi connectivity index (χ4v) is 4.40. The largest absolute Gasteiger partial charge is 0.327 e. The van der Waals surface area contributed by atoms with Crippen LogP contribution in [0.1, 0.15) is 22.3 Å². The first-order valence-electron chi connectivity index (χ1n) is 10.0. The van der Waals surface area contributed by atoms with E-state index in [1.807, 2.05) is 22.9 Å². The number of benzene rings is 2. The molecule has 0 radical (unpaired) electrons. The minimum absolute atomic E-state index is 0.254. The van der Waals surface area contributed by atoms with E-state index in [9.17, 15) is 9.18 Å². The molecule has 0 saturated heterocycles. The number of halogens is 2. The summed E-state index contributed by atoms with van der Waals surface area (Å²) in [6.07, 6.45) is 7.98. The first-order valence-corrected chi connectivity index (χ1v) is 11.8. The first-order chi connectivity index (χ1) is 15.6. The molecular formula is C24H20BrFN4OS. The highest BCUT2D eigenvalue weighted by Gasteiger charge is 2.11. The molecular weight excluding hydrogens is 491 g/mol. The lowest BCUT2D eigenvalue weighted by Crippen LogP contribution is -2.20. The Bertz CT molecular complexity index is 1230. The summed E-state index contributed by atoms with van der Waals surface area (Å²) in [5.74, 6) is 0.328. The Balaban J connectivity index is 1.58. The highest BCUT2D eigenvalue weighted by molar-refractivity contribution is 9.10. The van der Waals surface area contributed by atoms with E-state index in [1.165, 1.54) is 35.8 Å². The third-order valence-corrected chi connectivity index (χ3v) is 6.46. The average Bonchev–Trinajstić information content (AvgIpc) is 2.81. The van der Waals surface area contributed by atoms with Crippen molar-refractivity contribution in [2.24, 2.45) is 0 Å². The number of thioether (sulfide) groups is 1. The lowest BCUT2D eigenvalue weighted by molar-refractivity contribution is 0.595. The van der Waals surface area contributed by atoms with Crippen molar-refractivity contribution in [3.05, 3.63) is 116 Å². The highest BCUT2D eigenvalue weighted by Crippen LogP contribution is 2.22. The summed E-state index contributed by atoms with van der Waals surface area (Å²) in [6.45, 7) is 0.680. The van der Waals surface area contributed by atoms with Crippen LogP contribution in [0.2, 0.25) is 0 Å². The number of hydrogen-bond acceptors (Lipinski definition) is 5. The molecule has 4 aromatic rings. The van der Waals surface area contributed by atoms with Crippen molar-refractivity contribution in [2.75, 3.05) is 0 Å². The van der Waals surface area contributed by atoms with E-state index in [2.05, 4.69) is 43.0 Å². The van der Waals surface area contributed by atoms with E-state index < -0.39 is 0 Å². The van der Waals surface area contributed by atoms with Crippen molar-refractivity contribution in [3.8, 4) is 0 Å². The molecule has 4 rings (SSSR count). The Morgan fingerprint density at radius 2 is 1.62 bits per heavy atom. The van der Waals surface area contributed by atoms with Crippen LogP contribution in [-0.4, -0.2) is 19.5 Å². The molecule has 32 heavy (non-hydrogen) atoms. The lowest BCUT2D eigenvalue weighted by Gasteiger charge is -2.14. The van der Waals surface area contributed by atoms with Gasteiger partial charge in [0, 0.05) is 47.3 Å². The maximum atomic E-state index is 13.2. The molecule has 8 heteroatoms. The third kappa shape index (κ3) is 6.11. The van der Waals surface area contributed by atoms with E-state index >= 15 is 0 Å². The van der Waals surface area contributed by atoms with Gasteiger partial charge in [-0.3, -0.25) is 4.79 Å². The first kappa shape index (κ1) is 22.4. The predicted molar refractivity (Wildman–Crippen MR) is 127 cm³/mol. The van der Waals surface area contributed by atoms with Gasteiger partial charge >= 0.3 is 0 Å². The molecule has 0 unspecified atom stereocenters. The van der Waals surface area contributed by atoms with Crippen LogP contribution in [0.15, 0.2) is 87.9 Å². The van der Waals surface area contributed by atoms with Gasteiger partial charge in [-0.2, -0.15) is 4.98 Å². The van der Waals surface area contributed by atoms with Crippen LogP contribution >= 0.6 is 27.7 Å². The Hall–Kier alpha value is -2.84. The fourth-order valence-electron chi connectivity index (χ4n) is 3.19. The summed E-state index contributed by atoms with van der Waals surface area (Å²) in [5, 5.41) is 0.643. The van der Waals surface area contributed by atoms with Gasteiger partial charge in [0.25, 0.3) is 5.56 Å². The minimum Gasteiger partial charge on any atom is -0.327 e. The minimum atomic E-state index is -0.266. The van der Waals surface area contributed by atoms with E-state index in [1.54, 1.807) is 24.5 Å². The SMILES string of the molecule is O=c1nc(SCc2ccc(F)cc2)n(CCc2ccc(Br)cc2)cc1Cc1cncnc1. The van der Waals surface area contributed by atoms with Crippen LogP contribution in [-0.2, 0) is 25.1 Å². The van der Waals surface area contributed by atoms with Crippen LogP contribution in [0.4, 0.5) is 4.39 Å². The standard InChI is InChI=1S/C24H20BrFN4OS/c25-21-5-1-17(2-6-21)9-10-30-14-20(11-19-12-27-16-28-13-19)23(31)29-24(30)32-15-18-3-7-22(26)8-4-18/h1-8,12-14,16H,9-11,15H2. The number of hydrogen-bond donors (Lipinski definition) is 0. The molecule has 0 amide bonds. The number of rotatable bonds is 8. The van der Waals surface area contributed by atoms with Gasteiger partial charge in [0.2, 0.25) is 0 Å². The van der Waals surface area contributed by atoms with Crippen molar-refractivity contribution in [1.82, 2.24) is 19.5 Å². The molecule has 0 spiro atoms. The van der Waals surface area contributed by atoms with Crippen LogP contribution < -0.4 is 5.56 Å². The van der Waals surface area contributed by atoms with E-state index in [0.717, 1.165) is 22.0 Å². The maximum Gasteiger partial charge on any atom is 0.277 e. The molecule has 0 aliphatic carbocycles. The molecule has 2 aromatic heterocycles. The second-order valence-corrected chi connectivity index (χ2v) is 9.12. The van der Waals surface area contributed by atoms with Gasteiger partial charge in [0.05, 0.1) is 0 Å². The van der Waals surface area contributed by atoms with Crippen LogP contribution in [0.5, 0.6) is 0 Å². The molecule has 0 fully saturated rings. The Labute approximate surface area is 197 Å². The van der Waals surface area contributed by atoms with Crippen LogP contribution in [0.3, 0.4) is 0 Å². The number of nitrogens with zero attached hydrogens (tertiary/aromatic N) is 4. The maximum absolute atomic E-state index is 13.2. The number of aryl methyl sites for hydroxylation is 2. The van der Waals surface area contributed by atoms with Gasteiger partial charge in [0.1, 0.15) is 12.1 Å². The Morgan fingerprint density at radius 1 is 0.938 bits per heavy atom. The fraction of sp³-hybridized carbons (Fsp3) is 0.167. The van der Waals surface area contributed by atoms with Crippen LogP contribution in [0.25, 0.3) is 0 Å². The predicted octanol–water partition coefficient (Wildman–Crippen LogP) is 5.06. The van der Waals surface area contributed by atoms with Crippen LogP contribution in [0, 0.1) is 5.82 Å². The lowest BCUT2D eigenvalue weighted by atomic mass is 10.1. The van der Waals surface area contributed by atoms with Crippen molar-refractivity contribution in [1.29, 1.82) is 0 Å². The van der Waals surface area contributed by atoms with Crippen molar-refractivity contribution >= 4 is 27.7 Å². The van der Waals surface area contributed by atoms with E-state index in [-0.39, 0.29) is 11.4 Å². The van der Waals surface area contributed by atoms with Crippen molar-refractivity contribution < 1.29 is 4.39 Å². The average molecular weight is 511 g/mol. The summed E-state index contributed by atoms with van der Waals surface area (Å²) in [5.41, 5.74) is 3.37. The monoisotopic (exact) mass is 510 g/mol. The van der Waals surface area contributed by atoms with Gasteiger partial charge in [-0.15, -0.1) is 0 Å². The molecule has 0 bridgehead atoms. The van der Waals surface area contributed by atoms with E-state index in [4.69, 9.17) is 0 Å². The quantitative estimate of drug-likeness (QED) is 0.245. The molecule has 0 aliphatic heterocycles. The molecule has 0 aliphatic rings. The smallest absolute Gasteiger partial charge is 0.277 e. The van der Waals surface area contributed by atoms with Gasteiger partial charge in [-0.05, 0) is 47.4 Å². The zero-order chi connectivity index (χ0) is 22.3.